The second-order valence-electron chi connectivity index (χ2n) is 5.36. The summed E-state index contributed by atoms with van der Waals surface area (Å²) in [7, 11) is 3.76. The van der Waals surface area contributed by atoms with Gasteiger partial charge in [-0.1, -0.05) is 31.4 Å². The van der Waals surface area contributed by atoms with Gasteiger partial charge in [-0.2, -0.15) is 5.10 Å². The van der Waals surface area contributed by atoms with Crippen LogP contribution in [-0.2, 0) is 11.8 Å². The van der Waals surface area contributed by atoms with Crippen molar-refractivity contribution in [2.45, 2.75) is 50.7 Å². The first-order valence-corrected chi connectivity index (χ1v) is 7.48. The molecule has 0 aromatic carbocycles. The highest BCUT2D eigenvalue weighted by Crippen LogP contribution is 2.43. The maximum absolute atomic E-state index is 6.34. The van der Waals surface area contributed by atoms with E-state index < -0.39 is 0 Å². The van der Waals surface area contributed by atoms with Gasteiger partial charge in [-0.25, -0.2) is 0 Å². The van der Waals surface area contributed by atoms with E-state index in [1.807, 2.05) is 18.8 Å². The average molecular weight is 286 g/mol. The van der Waals surface area contributed by atoms with Crippen LogP contribution in [0.5, 0.6) is 0 Å². The van der Waals surface area contributed by atoms with Crippen LogP contribution in [0.3, 0.4) is 0 Å². The molecule has 1 aromatic heterocycles. The van der Waals surface area contributed by atoms with Crippen molar-refractivity contribution < 1.29 is 4.74 Å². The molecule has 0 amide bonds. The molecule has 108 valence electrons. The van der Waals surface area contributed by atoms with Gasteiger partial charge in [0.25, 0.3) is 0 Å². The van der Waals surface area contributed by atoms with Crippen LogP contribution in [0.25, 0.3) is 0 Å². The molecule has 0 radical (unpaired) electrons. The van der Waals surface area contributed by atoms with Gasteiger partial charge in [0.2, 0.25) is 0 Å². The van der Waals surface area contributed by atoms with Crippen molar-refractivity contribution in [1.29, 1.82) is 0 Å². The number of hydrogen-bond acceptors (Lipinski definition) is 3. The lowest BCUT2D eigenvalue weighted by Gasteiger charge is -2.37. The van der Waals surface area contributed by atoms with E-state index in [2.05, 4.69) is 17.3 Å². The number of nitrogens with zero attached hydrogens (tertiary/aromatic N) is 2. The summed E-state index contributed by atoms with van der Waals surface area (Å²) >= 11 is 6.34. The summed E-state index contributed by atoms with van der Waals surface area (Å²) in [6.07, 6.45) is 7.39. The van der Waals surface area contributed by atoms with Crippen molar-refractivity contribution in [3.05, 3.63) is 16.9 Å². The Kier molecular flexibility index (Phi) is 4.87. The van der Waals surface area contributed by atoms with Crippen LogP contribution in [0, 0.1) is 0 Å². The molecule has 1 unspecified atom stereocenters. The molecule has 1 aliphatic rings. The fraction of sp³-hybridized carbons (Fsp3) is 0.786. The highest BCUT2D eigenvalue weighted by molar-refractivity contribution is 6.31. The van der Waals surface area contributed by atoms with Crippen LogP contribution < -0.4 is 5.32 Å². The molecule has 0 aliphatic heterocycles. The SMILES string of the molecule is CCCNC(c1c(Cl)cnn1C)C1(OC)CCCC1. The zero-order valence-corrected chi connectivity index (χ0v) is 12.8. The van der Waals surface area contributed by atoms with E-state index in [1.165, 1.54) is 12.8 Å². The molecule has 1 fully saturated rings. The predicted molar refractivity (Wildman–Crippen MR) is 77.5 cm³/mol. The molecule has 0 saturated heterocycles. The molecule has 1 atom stereocenters. The Labute approximate surface area is 120 Å². The number of methoxy groups -OCH3 is 1. The highest BCUT2D eigenvalue weighted by Gasteiger charge is 2.44. The van der Waals surface area contributed by atoms with Crippen molar-refractivity contribution >= 4 is 11.6 Å². The first kappa shape index (κ1) is 14.8. The molecule has 0 spiro atoms. The molecule has 0 bridgehead atoms. The third-order valence-corrected chi connectivity index (χ3v) is 4.48. The van der Waals surface area contributed by atoms with Crippen molar-refractivity contribution in [2.75, 3.05) is 13.7 Å². The van der Waals surface area contributed by atoms with E-state index in [-0.39, 0.29) is 11.6 Å². The van der Waals surface area contributed by atoms with Gasteiger partial charge in [-0.15, -0.1) is 0 Å². The topological polar surface area (TPSA) is 39.1 Å². The van der Waals surface area contributed by atoms with Gasteiger partial charge in [0, 0.05) is 14.2 Å². The summed E-state index contributed by atoms with van der Waals surface area (Å²) in [4.78, 5) is 0. The Morgan fingerprint density at radius 3 is 2.68 bits per heavy atom. The first-order valence-electron chi connectivity index (χ1n) is 7.10. The van der Waals surface area contributed by atoms with Crippen LogP contribution in [0.15, 0.2) is 6.20 Å². The largest absolute Gasteiger partial charge is 0.376 e. The fourth-order valence-corrected chi connectivity index (χ4v) is 3.42. The van der Waals surface area contributed by atoms with Gasteiger partial charge in [0.05, 0.1) is 28.6 Å². The second-order valence-corrected chi connectivity index (χ2v) is 5.77. The average Bonchev–Trinajstić information content (AvgIpc) is 3.01. The first-order chi connectivity index (χ1) is 9.14. The number of hydrogen-bond donors (Lipinski definition) is 1. The normalized spacial score (nSPS) is 19.8. The zero-order chi connectivity index (χ0) is 13.9. The van der Waals surface area contributed by atoms with Gasteiger partial charge in [-0.05, 0) is 25.8 Å². The Morgan fingerprint density at radius 1 is 1.53 bits per heavy atom. The van der Waals surface area contributed by atoms with Gasteiger partial charge in [0.15, 0.2) is 0 Å². The van der Waals surface area contributed by atoms with E-state index in [0.717, 1.165) is 36.5 Å². The summed E-state index contributed by atoms with van der Waals surface area (Å²) in [6.45, 7) is 3.13. The Hall–Kier alpha value is -0.580. The van der Waals surface area contributed by atoms with Crippen molar-refractivity contribution in [3.8, 4) is 0 Å². The van der Waals surface area contributed by atoms with Crippen molar-refractivity contribution in [2.24, 2.45) is 7.05 Å². The van der Waals surface area contributed by atoms with E-state index in [4.69, 9.17) is 16.3 Å². The molecule has 5 heteroatoms. The lowest BCUT2D eigenvalue weighted by atomic mass is 9.89. The highest BCUT2D eigenvalue weighted by atomic mass is 35.5. The Bertz CT molecular complexity index is 393. The minimum absolute atomic E-state index is 0.111. The van der Waals surface area contributed by atoms with Gasteiger partial charge < -0.3 is 10.1 Å². The third kappa shape index (κ3) is 2.81. The standard InChI is InChI=1S/C14H24ClN3O/c1-4-9-16-13(12-11(15)10-17-18(12)2)14(19-3)7-5-6-8-14/h10,13,16H,4-9H2,1-3H3. The fourth-order valence-electron chi connectivity index (χ4n) is 3.15. The molecular formula is C14H24ClN3O. The summed E-state index contributed by atoms with van der Waals surface area (Å²) in [5.74, 6) is 0. The van der Waals surface area contributed by atoms with E-state index >= 15 is 0 Å². The van der Waals surface area contributed by atoms with Crippen LogP contribution in [0.2, 0.25) is 5.02 Å². The van der Waals surface area contributed by atoms with Crippen LogP contribution in [-0.4, -0.2) is 29.0 Å². The maximum atomic E-state index is 6.34. The summed E-state index contributed by atoms with van der Waals surface area (Å²) in [5.41, 5.74) is 0.894. The molecule has 2 rings (SSSR count). The van der Waals surface area contributed by atoms with Crippen LogP contribution in [0.4, 0.5) is 0 Å². The third-order valence-electron chi connectivity index (χ3n) is 4.19. The van der Waals surface area contributed by atoms with Crippen molar-refractivity contribution in [1.82, 2.24) is 15.1 Å². The van der Waals surface area contributed by atoms with Gasteiger partial charge >= 0.3 is 0 Å². The number of rotatable bonds is 6. The molecular weight excluding hydrogens is 262 g/mol. The molecule has 1 heterocycles. The minimum Gasteiger partial charge on any atom is -0.376 e. The molecule has 1 N–H and O–H groups in total. The lowest BCUT2D eigenvalue weighted by Crippen LogP contribution is -2.45. The number of ether oxygens (including phenoxy) is 1. The maximum Gasteiger partial charge on any atom is 0.0888 e. The summed E-state index contributed by atoms with van der Waals surface area (Å²) in [6, 6.07) is 0.111. The number of aromatic nitrogens is 2. The predicted octanol–water partition coefficient (Wildman–Crippen LogP) is 3.07. The second kappa shape index (κ2) is 6.25. The summed E-state index contributed by atoms with van der Waals surface area (Å²) < 4.78 is 7.80. The van der Waals surface area contributed by atoms with Crippen LogP contribution >= 0.6 is 11.6 Å². The lowest BCUT2D eigenvalue weighted by molar-refractivity contribution is -0.0387. The number of nitrogens with one attached hydrogen (secondary N) is 1. The molecule has 1 saturated carbocycles. The van der Waals surface area contributed by atoms with Gasteiger partial charge in [-0.3, -0.25) is 4.68 Å². The molecule has 1 aromatic rings. The molecule has 4 nitrogen and oxygen atoms in total. The zero-order valence-electron chi connectivity index (χ0n) is 12.1. The molecule has 1 aliphatic carbocycles. The number of aryl methyl sites for hydroxylation is 1. The Balaban J connectivity index is 2.35. The van der Waals surface area contributed by atoms with Crippen molar-refractivity contribution in [3.63, 3.8) is 0 Å². The van der Waals surface area contributed by atoms with E-state index in [1.54, 1.807) is 6.20 Å². The van der Waals surface area contributed by atoms with Gasteiger partial charge in [0.1, 0.15) is 0 Å². The minimum atomic E-state index is -0.146. The summed E-state index contributed by atoms with van der Waals surface area (Å²) in [5, 5.41) is 8.61. The van der Waals surface area contributed by atoms with Crippen LogP contribution in [0.1, 0.15) is 50.8 Å². The monoisotopic (exact) mass is 285 g/mol. The Morgan fingerprint density at radius 2 is 2.21 bits per heavy atom. The van der Waals surface area contributed by atoms with E-state index in [0.29, 0.717) is 0 Å². The molecule has 19 heavy (non-hydrogen) atoms. The smallest absolute Gasteiger partial charge is 0.0888 e. The number of halogens is 1. The quantitative estimate of drug-likeness (QED) is 0.873. The van der Waals surface area contributed by atoms with E-state index in [9.17, 15) is 0 Å².